The molecule has 2 aromatic rings. The van der Waals surface area contributed by atoms with Gasteiger partial charge in [-0.25, -0.2) is 8.78 Å². The number of rotatable bonds is 3. The van der Waals surface area contributed by atoms with Gasteiger partial charge < -0.3 is 9.47 Å². The average Bonchev–Trinajstić information content (AvgIpc) is 2.50. The maximum Gasteiger partial charge on any atom is 0.198 e. The van der Waals surface area contributed by atoms with Crippen molar-refractivity contribution in [2.75, 3.05) is 7.11 Å². The van der Waals surface area contributed by atoms with E-state index in [0.717, 1.165) is 12.1 Å². The molecular weight excluding hydrogens is 278 g/mol. The zero-order valence-corrected chi connectivity index (χ0v) is 10.9. The summed E-state index contributed by atoms with van der Waals surface area (Å²) in [6, 6.07) is 9.41. The van der Waals surface area contributed by atoms with Crippen molar-refractivity contribution in [1.82, 2.24) is 0 Å². The van der Waals surface area contributed by atoms with E-state index >= 15 is 0 Å². The fourth-order valence-electron chi connectivity index (χ4n) is 1.65. The lowest BCUT2D eigenvalue weighted by Gasteiger charge is -2.10. The lowest BCUT2D eigenvalue weighted by Crippen LogP contribution is -1.95. The summed E-state index contributed by atoms with van der Waals surface area (Å²) in [5.74, 6) is -2.29. The molecule has 0 aliphatic heterocycles. The third-order valence-corrected chi connectivity index (χ3v) is 2.59. The minimum Gasteiger partial charge on any atom is -0.497 e. The van der Waals surface area contributed by atoms with E-state index in [2.05, 4.69) is 0 Å². The Balaban J connectivity index is 2.44. The van der Waals surface area contributed by atoms with Crippen LogP contribution in [-0.2, 0) is 0 Å². The minimum absolute atomic E-state index is 0.0495. The van der Waals surface area contributed by atoms with E-state index in [0.29, 0.717) is 5.75 Å². The molecule has 0 heterocycles. The number of halogens is 2. The first-order valence-corrected chi connectivity index (χ1v) is 5.73. The average molecular weight is 286 g/mol. The fraction of sp³-hybridized carbons (Fsp3) is 0.0667. The number of nitrogens with zero attached hydrogens (tertiary/aromatic N) is 2. The molecule has 0 unspecified atom stereocenters. The Bertz CT molecular complexity index is 753. The molecule has 0 aliphatic carbocycles. The normalized spacial score (nSPS) is 9.57. The molecule has 0 aromatic heterocycles. The Morgan fingerprint density at radius 1 is 0.857 bits per heavy atom. The first-order chi connectivity index (χ1) is 10.1. The van der Waals surface area contributed by atoms with Gasteiger partial charge in [0.1, 0.15) is 11.5 Å². The van der Waals surface area contributed by atoms with Gasteiger partial charge in [-0.05, 0) is 24.3 Å². The molecule has 0 N–H and O–H groups in total. The molecule has 0 saturated heterocycles. The summed E-state index contributed by atoms with van der Waals surface area (Å²) < 4.78 is 37.6. The van der Waals surface area contributed by atoms with Gasteiger partial charge >= 0.3 is 0 Å². The van der Waals surface area contributed by atoms with Crippen LogP contribution in [0, 0.1) is 34.3 Å². The van der Waals surface area contributed by atoms with E-state index in [9.17, 15) is 8.78 Å². The van der Waals surface area contributed by atoms with E-state index in [1.54, 1.807) is 6.07 Å². The van der Waals surface area contributed by atoms with Crippen molar-refractivity contribution < 1.29 is 18.3 Å². The van der Waals surface area contributed by atoms with Gasteiger partial charge in [-0.2, -0.15) is 10.5 Å². The highest BCUT2D eigenvalue weighted by molar-refractivity contribution is 5.46. The number of methoxy groups -OCH3 is 1. The molecule has 4 nitrogen and oxygen atoms in total. The second-order valence-electron chi connectivity index (χ2n) is 3.99. The Morgan fingerprint density at radius 2 is 1.38 bits per heavy atom. The van der Waals surface area contributed by atoms with E-state index in [-0.39, 0.29) is 16.9 Å². The zero-order valence-electron chi connectivity index (χ0n) is 10.9. The molecule has 0 spiro atoms. The topological polar surface area (TPSA) is 66.0 Å². The summed E-state index contributed by atoms with van der Waals surface area (Å²) in [7, 11) is 1.39. The number of hydrogen-bond donors (Lipinski definition) is 0. The molecule has 0 saturated carbocycles. The van der Waals surface area contributed by atoms with Gasteiger partial charge in [0.2, 0.25) is 0 Å². The van der Waals surface area contributed by atoms with Crippen molar-refractivity contribution in [3.05, 3.63) is 53.1 Å². The monoisotopic (exact) mass is 286 g/mol. The molecule has 0 bridgehead atoms. The van der Waals surface area contributed by atoms with Crippen molar-refractivity contribution >= 4 is 0 Å². The van der Waals surface area contributed by atoms with Gasteiger partial charge in [0.15, 0.2) is 17.4 Å². The van der Waals surface area contributed by atoms with Crippen LogP contribution in [0.3, 0.4) is 0 Å². The van der Waals surface area contributed by atoms with E-state index in [4.69, 9.17) is 20.0 Å². The van der Waals surface area contributed by atoms with Gasteiger partial charge in [-0.3, -0.25) is 0 Å². The molecule has 0 amide bonds. The Labute approximate surface area is 119 Å². The van der Waals surface area contributed by atoms with Crippen LogP contribution >= 0.6 is 0 Å². The molecule has 0 atom stereocenters. The van der Waals surface area contributed by atoms with Gasteiger partial charge in [-0.1, -0.05) is 0 Å². The molecule has 0 aliphatic rings. The highest BCUT2D eigenvalue weighted by Gasteiger charge is 2.14. The van der Waals surface area contributed by atoms with Crippen molar-refractivity contribution in [3.8, 4) is 29.4 Å². The Hall–Kier alpha value is -3.12. The first kappa shape index (κ1) is 14.3. The maximum absolute atomic E-state index is 13.7. The second-order valence-corrected chi connectivity index (χ2v) is 3.99. The summed E-state index contributed by atoms with van der Waals surface area (Å²) in [6.07, 6.45) is 0. The molecule has 2 aromatic carbocycles. The summed E-state index contributed by atoms with van der Waals surface area (Å²) in [6.45, 7) is 0. The van der Waals surface area contributed by atoms with E-state index in [1.807, 2.05) is 6.07 Å². The van der Waals surface area contributed by atoms with Gasteiger partial charge in [-0.15, -0.1) is 0 Å². The molecule has 104 valence electrons. The second kappa shape index (κ2) is 5.89. The SMILES string of the molecule is COc1cc(C#N)cc(Oc2c(F)cc(C#N)cc2F)c1. The first-order valence-electron chi connectivity index (χ1n) is 5.73. The van der Waals surface area contributed by atoms with Gasteiger partial charge in [0.05, 0.1) is 30.4 Å². The molecule has 0 fully saturated rings. The summed E-state index contributed by atoms with van der Waals surface area (Å²) in [5.41, 5.74) is 0.0690. The quantitative estimate of drug-likeness (QED) is 0.866. The highest BCUT2D eigenvalue weighted by atomic mass is 19.1. The van der Waals surface area contributed by atoms with Gasteiger partial charge in [0.25, 0.3) is 0 Å². The Kier molecular flexibility index (Phi) is 4.01. The van der Waals surface area contributed by atoms with Crippen molar-refractivity contribution in [3.63, 3.8) is 0 Å². The summed E-state index contributed by atoms with van der Waals surface area (Å²) in [5, 5.41) is 17.5. The maximum atomic E-state index is 13.7. The predicted octanol–water partition coefficient (Wildman–Crippen LogP) is 3.51. The van der Waals surface area contributed by atoms with Crippen LogP contribution in [0.15, 0.2) is 30.3 Å². The summed E-state index contributed by atoms with van der Waals surface area (Å²) in [4.78, 5) is 0. The standard InChI is InChI=1S/C15H8F2N2O2/c1-20-11-2-9(7-18)3-12(6-11)21-15-13(16)4-10(8-19)5-14(15)17/h2-6H,1H3. The lowest BCUT2D eigenvalue weighted by molar-refractivity contribution is 0.393. The third kappa shape index (κ3) is 3.07. The highest BCUT2D eigenvalue weighted by Crippen LogP contribution is 2.31. The number of ether oxygens (including phenoxy) is 2. The van der Waals surface area contributed by atoms with Crippen molar-refractivity contribution in [2.45, 2.75) is 0 Å². The van der Waals surface area contributed by atoms with Crippen LogP contribution in [-0.4, -0.2) is 7.11 Å². The van der Waals surface area contributed by atoms with Crippen molar-refractivity contribution in [1.29, 1.82) is 10.5 Å². The predicted molar refractivity (Wildman–Crippen MR) is 68.9 cm³/mol. The molecule has 2 rings (SSSR count). The number of benzene rings is 2. The molecule has 21 heavy (non-hydrogen) atoms. The number of nitriles is 2. The minimum atomic E-state index is -1.01. The summed E-state index contributed by atoms with van der Waals surface area (Å²) >= 11 is 0. The lowest BCUT2D eigenvalue weighted by atomic mass is 10.2. The van der Waals surface area contributed by atoms with E-state index < -0.39 is 17.4 Å². The van der Waals surface area contributed by atoms with Crippen LogP contribution in [0.1, 0.15) is 11.1 Å². The molecular formula is C15H8F2N2O2. The fourth-order valence-corrected chi connectivity index (χ4v) is 1.65. The molecule has 0 radical (unpaired) electrons. The van der Waals surface area contributed by atoms with Crippen molar-refractivity contribution in [2.24, 2.45) is 0 Å². The Morgan fingerprint density at radius 3 is 1.90 bits per heavy atom. The van der Waals surface area contributed by atoms with Crippen LogP contribution in [0.4, 0.5) is 8.78 Å². The largest absolute Gasteiger partial charge is 0.497 e. The van der Waals surface area contributed by atoms with Crippen LogP contribution in [0.5, 0.6) is 17.2 Å². The molecule has 6 heteroatoms. The zero-order chi connectivity index (χ0) is 15.4. The third-order valence-electron chi connectivity index (χ3n) is 2.59. The smallest absolute Gasteiger partial charge is 0.198 e. The van der Waals surface area contributed by atoms with Crippen LogP contribution in [0.25, 0.3) is 0 Å². The van der Waals surface area contributed by atoms with E-state index in [1.165, 1.54) is 25.3 Å². The van der Waals surface area contributed by atoms with Crippen LogP contribution in [0.2, 0.25) is 0 Å². The van der Waals surface area contributed by atoms with Gasteiger partial charge in [0, 0.05) is 6.07 Å². The number of hydrogen-bond acceptors (Lipinski definition) is 4. The van der Waals surface area contributed by atoms with Crippen LogP contribution < -0.4 is 9.47 Å².